The van der Waals surface area contributed by atoms with E-state index in [2.05, 4.69) is 10.0 Å². The maximum absolute atomic E-state index is 13.0. The van der Waals surface area contributed by atoms with Crippen LogP contribution in [0.1, 0.15) is 0 Å². The molecule has 0 unspecified atom stereocenters. The average Bonchev–Trinajstić information content (AvgIpc) is 2.72. The highest BCUT2D eigenvalue weighted by Crippen LogP contribution is 2.32. The standard InChI is InChI=1S/C20H14Cl3FN2O4S/c21-16-9-18(23)19(10-17(16)22)25-20(27)11-30-14-5-7-15(8-6-14)31(28,29)26-13-3-1-12(24)2-4-13/h1-10,26H,11H2,(H,25,27). The molecule has 0 aliphatic carbocycles. The van der Waals surface area contributed by atoms with Crippen molar-refractivity contribution in [1.82, 2.24) is 0 Å². The SMILES string of the molecule is O=C(COc1ccc(S(=O)(=O)Nc2ccc(F)cc2)cc1)Nc1cc(Cl)c(Cl)cc1Cl. The average molecular weight is 504 g/mol. The molecule has 0 heterocycles. The van der Waals surface area contributed by atoms with Gasteiger partial charge in [0.15, 0.2) is 6.61 Å². The Morgan fingerprint density at radius 1 is 0.903 bits per heavy atom. The molecule has 6 nitrogen and oxygen atoms in total. The fourth-order valence-electron chi connectivity index (χ4n) is 2.40. The number of rotatable bonds is 7. The van der Waals surface area contributed by atoms with Crippen LogP contribution < -0.4 is 14.8 Å². The smallest absolute Gasteiger partial charge is 0.262 e. The molecule has 0 atom stereocenters. The summed E-state index contributed by atoms with van der Waals surface area (Å²) in [6.45, 7) is -0.351. The number of amides is 1. The van der Waals surface area contributed by atoms with Gasteiger partial charge < -0.3 is 10.1 Å². The monoisotopic (exact) mass is 502 g/mol. The van der Waals surface area contributed by atoms with Crippen LogP contribution in [0.25, 0.3) is 0 Å². The molecule has 0 aliphatic heterocycles. The third-order valence-corrected chi connectivity index (χ3v) is 6.32. The minimum atomic E-state index is -3.87. The van der Waals surface area contributed by atoms with Gasteiger partial charge in [0.1, 0.15) is 11.6 Å². The van der Waals surface area contributed by atoms with Gasteiger partial charge in [0.2, 0.25) is 0 Å². The molecule has 1 amide bonds. The second-order valence-corrected chi connectivity index (χ2v) is 9.07. The molecule has 3 rings (SSSR count). The zero-order valence-electron chi connectivity index (χ0n) is 15.5. The van der Waals surface area contributed by atoms with Gasteiger partial charge >= 0.3 is 0 Å². The van der Waals surface area contributed by atoms with Crippen LogP contribution >= 0.6 is 34.8 Å². The van der Waals surface area contributed by atoms with E-state index in [1.807, 2.05) is 0 Å². The molecule has 0 spiro atoms. The van der Waals surface area contributed by atoms with Gasteiger partial charge in [-0.05, 0) is 60.7 Å². The topological polar surface area (TPSA) is 84.5 Å². The molecule has 162 valence electrons. The molecule has 0 aromatic heterocycles. The first-order valence-corrected chi connectivity index (χ1v) is 11.2. The van der Waals surface area contributed by atoms with Gasteiger partial charge in [0, 0.05) is 5.69 Å². The lowest BCUT2D eigenvalue weighted by Crippen LogP contribution is -2.20. The van der Waals surface area contributed by atoms with E-state index in [-0.39, 0.29) is 43.7 Å². The third kappa shape index (κ3) is 6.24. The van der Waals surface area contributed by atoms with Crippen molar-refractivity contribution in [3.8, 4) is 5.75 Å². The normalized spacial score (nSPS) is 11.1. The summed E-state index contributed by atoms with van der Waals surface area (Å²) in [5.74, 6) is -0.707. The molecule has 0 fully saturated rings. The van der Waals surface area contributed by atoms with Gasteiger partial charge in [-0.3, -0.25) is 9.52 Å². The Morgan fingerprint density at radius 2 is 1.52 bits per heavy atom. The highest BCUT2D eigenvalue weighted by atomic mass is 35.5. The van der Waals surface area contributed by atoms with Gasteiger partial charge in [-0.15, -0.1) is 0 Å². The van der Waals surface area contributed by atoms with Crippen LogP contribution in [0, 0.1) is 5.82 Å². The summed E-state index contributed by atoms with van der Waals surface area (Å²) < 4.78 is 45.5. The van der Waals surface area contributed by atoms with E-state index in [0.29, 0.717) is 0 Å². The lowest BCUT2D eigenvalue weighted by atomic mass is 10.3. The largest absolute Gasteiger partial charge is 0.484 e. The van der Waals surface area contributed by atoms with Gasteiger partial charge in [0.05, 0.1) is 25.7 Å². The van der Waals surface area contributed by atoms with Crippen LogP contribution in [0.4, 0.5) is 15.8 Å². The molecule has 2 N–H and O–H groups in total. The predicted octanol–water partition coefficient (Wildman–Crippen LogP) is 5.60. The van der Waals surface area contributed by atoms with Crippen LogP contribution in [0.2, 0.25) is 15.1 Å². The van der Waals surface area contributed by atoms with Crippen molar-refractivity contribution in [2.75, 3.05) is 16.6 Å². The maximum Gasteiger partial charge on any atom is 0.262 e. The van der Waals surface area contributed by atoms with E-state index in [0.717, 1.165) is 12.1 Å². The van der Waals surface area contributed by atoms with E-state index in [1.165, 1.54) is 48.5 Å². The Labute approximate surface area is 192 Å². The fourth-order valence-corrected chi connectivity index (χ4v) is 4.05. The zero-order chi connectivity index (χ0) is 22.6. The molecule has 0 saturated carbocycles. The molecular formula is C20H14Cl3FN2O4S. The van der Waals surface area contributed by atoms with Crippen LogP contribution in [0.3, 0.4) is 0 Å². The first-order chi connectivity index (χ1) is 14.6. The van der Waals surface area contributed by atoms with Crippen molar-refractivity contribution >= 4 is 62.1 Å². The first kappa shape index (κ1) is 23.1. The van der Waals surface area contributed by atoms with Crippen molar-refractivity contribution in [2.45, 2.75) is 4.90 Å². The number of benzene rings is 3. The summed E-state index contributed by atoms with van der Waals surface area (Å²) in [6.07, 6.45) is 0. The minimum Gasteiger partial charge on any atom is -0.484 e. The Bertz CT molecular complexity index is 1200. The van der Waals surface area contributed by atoms with E-state index in [9.17, 15) is 17.6 Å². The number of hydrogen-bond acceptors (Lipinski definition) is 4. The number of hydrogen-bond donors (Lipinski definition) is 2. The number of sulfonamides is 1. The van der Waals surface area contributed by atoms with Crippen LogP contribution in [-0.4, -0.2) is 20.9 Å². The summed E-state index contributed by atoms with van der Waals surface area (Å²) in [6, 6.07) is 13.2. The Hall–Kier alpha value is -2.52. The minimum absolute atomic E-state index is 0.0313. The second kappa shape index (κ2) is 9.74. The lowest BCUT2D eigenvalue weighted by molar-refractivity contribution is -0.118. The molecular weight excluding hydrogens is 490 g/mol. The van der Waals surface area contributed by atoms with Gasteiger partial charge in [-0.1, -0.05) is 34.8 Å². The second-order valence-electron chi connectivity index (χ2n) is 6.17. The van der Waals surface area contributed by atoms with Crippen molar-refractivity contribution in [3.63, 3.8) is 0 Å². The molecule has 11 heteroatoms. The number of ether oxygens (including phenoxy) is 1. The quantitative estimate of drug-likeness (QED) is 0.411. The Kier molecular flexibility index (Phi) is 7.27. The maximum atomic E-state index is 13.0. The van der Waals surface area contributed by atoms with Crippen molar-refractivity contribution < 1.29 is 22.3 Å². The molecule has 0 radical (unpaired) electrons. The number of nitrogens with one attached hydrogen (secondary N) is 2. The van der Waals surface area contributed by atoms with Gasteiger partial charge in [-0.25, -0.2) is 12.8 Å². The number of carbonyl (C=O) groups is 1. The number of carbonyl (C=O) groups excluding carboxylic acids is 1. The van der Waals surface area contributed by atoms with E-state index < -0.39 is 21.7 Å². The molecule has 0 aliphatic rings. The van der Waals surface area contributed by atoms with E-state index in [4.69, 9.17) is 39.5 Å². The van der Waals surface area contributed by atoms with E-state index >= 15 is 0 Å². The third-order valence-electron chi connectivity index (χ3n) is 3.88. The fraction of sp³-hybridized carbons (Fsp3) is 0.0500. The van der Waals surface area contributed by atoms with Crippen LogP contribution in [0.5, 0.6) is 5.75 Å². The summed E-state index contributed by atoms with van der Waals surface area (Å²) in [4.78, 5) is 12.1. The predicted molar refractivity (Wildman–Crippen MR) is 119 cm³/mol. The Balaban J connectivity index is 1.59. The Morgan fingerprint density at radius 3 is 2.16 bits per heavy atom. The van der Waals surface area contributed by atoms with E-state index in [1.54, 1.807) is 0 Å². The molecule has 0 bridgehead atoms. The lowest BCUT2D eigenvalue weighted by Gasteiger charge is -2.11. The highest BCUT2D eigenvalue weighted by molar-refractivity contribution is 7.92. The number of anilines is 2. The van der Waals surface area contributed by atoms with Crippen LogP contribution in [0.15, 0.2) is 65.6 Å². The molecule has 3 aromatic carbocycles. The van der Waals surface area contributed by atoms with Crippen molar-refractivity contribution in [2.24, 2.45) is 0 Å². The van der Waals surface area contributed by atoms with Crippen molar-refractivity contribution in [3.05, 3.63) is 81.5 Å². The van der Waals surface area contributed by atoms with Crippen molar-refractivity contribution in [1.29, 1.82) is 0 Å². The molecule has 31 heavy (non-hydrogen) atoms. The zero-order valence-corrected chi connectivity index (χ0v) is 18.6. The molecule has 0 saturated heterocycles. The summed E-state index contributed by atoms with van der Waals surface area (Å²) in [7, 11) is -3.87. The summed E-state index contributed by atoms with van der Waals surface area (Å²) in [5, 5.41) is 3.24. The summed E-state index contributed by atoms with van der Waals surface area (Å²) >= 11 is 17.8. The first-order valence-electron chi connectivity index (χ1n) is 8.60. The number of halogens is 4. The van der Waals surface area contributed by atoms with Crippen LogP contribution in [-0.2, 0) is 14.8 Å². The van der Waals surface area contributed by atoms with Gasteiger partial charge in [0.25, 0.3) is 15.9 Å². The van der Waals surface area contributed by atoms with Gasteiger partial charge in [-0.2, -0.15) is 0 Å². The molecule has 3 aromatic rings. The highest BCUT2D eigenvalue weighted by Gasteiger charge is 2.15. The summed E-state index contributed by atoms with van der Waals surface area (Å²) in [5.41, 5.74) is 0.498.